The smallest absolute Gasteiger partial charge is 0.457 e. The number of carbonyl (C=O) groups is 1. The number of rotatable bonds is 37. The molecule has 0 aliphatic heterocycles. The fraction of sp³-hybridized carbons (Fsp3) is 0.976. The minimum absolute atomic E-state index is 0.0684. The molecule has 1 rings (SSSR count). The third-order valence-electron chi connectivity index (χ3n) is 10.5. The van der Waals surface area contributed by atoms with Crippen molar-refractivity contribution in [3.05, 3.63) is 0 Å². The summed E-state index contributed by atoms with van der Waals surface area (Å²) in [6.45, 7) is 4.27. The second-order valence-electron chi connectivity index (χ2n) is 15.6. The van der Waals surface area contributed by atoms with E-state index in [-0.39, 0.29) is 13.0 Å². The summed E-state index contributed by atoms with van der Waals surface area (Å²) in [5, 5.41) is 50.1. The van der Waals surface area contributed by atoms with Crippen LogP contribution in [-0.4, -0.2) is 98.9 Å². The standard InChI is InChI=1S/C41H81O12P/c1-3-5-7-9-11-13-15-17-19-21-23-25-27-29-31-50-32-34(33-51-54(48,49)53-41-39(46)37(44)36(43)38(45)40(41)47)52-35(42)30-28-26-24-22-20-18-16-14-12-10-8-6-4-2/h34,36-41,43-47H,3-33H2,1-2H3,(H,48,49)/t34-,36?,37-,38?,39?,40?,41?/m1/s1. The van der Waals surface area contributed by atoms with E-state index in [1.165, 1.54) is 128 Å². The lowest BCUT2D eigenvalue weighted by Gasteiger charge is -2.41. The van der Waals surface area contributed by atoms with Gasteiger partial charge in [-0.25, -0.2) is 4.57 Å². The molecule has 6 N–H and O–H groups in total. The van der Waals surface area contributed by atoms with Gasteiger partial charge in [-0.05, 0) is 12.8 Å². The molecule has 0 amide bonds. The van der Waals surface area contributed by atoms with Gasteiger partial charge in [0.05, 0.1) is 13.2 Å². The molecule has 0 aromatic carbocycles. The van der Waals surface area contributed by atoms with Gasteiger partial charge in [-0.3, -0.25) is 13.8 Å². The molecule has 0 saturated heterocycles. The van der Waals surface area contributed by atoms with E-state index in [1.807, 2.05) is 0 Å². The van der Waals surface area contributed by atoms with Crippen molar-refractivity contribution in [3.63, 3.8) is 0 Å². The van der Waals surface area contributed by atoms with Crippen LogP contribution in [0.3, 0.4) is 0 Å². The molecule has 1 aliphatic rings. The van der Waals surface area contributed by atoms with Crippen LogP contribution in [0.5, 0.6) is 0 Å². The van der Waals surface area contributed by atoms with Crippen LogP contribution in [0.4, 0.5) is 0 Å². The van der Waals surface area contributed by atoms with Gasteiger partial charge in [-0.1, -0.05) is 174 Å². The molecule has 0 aromatic rings. The largest absolute Gasteiger partial charge is 0.472 e. The average molecular weight is 797 g/mol. The maximum atomic E-state index is 12.8. The minimum atomic E-state index is -5.00. The van der Waals surface area contributed by atoms with Gasteiger partial charge in [-0.2, -0.15) is 0 Å². The average Bonchev–Trinajstić information content (AvgIpc) is 3.15. The number of ether oxygens (including phenoxy) is 2. The molecule has 13 heteroatoms. The lowest BCUT2D eigenvalue weighted by atomic mass is 9.85. The van der Waals surface area contributed by atoms with Crippen molar-refractivity contribution < 1.29 is 58.3 Å². The molecule has 8 atom stereocenters. The van der Waals surface area contributed by atoms with Crippen LogP contribution < -0.4 is 0 Å². The van der Waals surface area contributed by atoms with E-state index in [0.29, 0.717) is 13.0 Å². The first-order valence-corrected chi connectivity index (χ1v) is 23.4. The van der Waals surface area contributed by atoms with Crippen molar-refractivity contribution in [1.29, 1.82) is 0 Å². The van der Waals surface area contributed by atoms with Crippen LogP contribution in [0, 0.1) is 0 Å². The summed E-state index contributed by atoms with van der Waals surface area (Å²) in [6.07, 6.45) is 20.3. The normalized spacial score (nSPS) is 23.3. The number of hydrogen-bond donors (Lipinski definition) is 6. The van der Waals surface area contributed by atoms with Crippen molar-refractivity contribution in [3.8, 4) is 0 Å². The van der Waals surface area contributed by atoms with Gasteiger partial charge in [0.15, 0.2) is 0 Å². The Morgan fingerprint density at radius 2 is 0.870 bits per heavy atom. The monoisotopic (exact) mass is 797 g/mol. The Bertz CT molecular complexity index is 911. The number of carbonyl (C=O) groups excluding carboxylic acids is 1. The van der Waals surface area contributed by atoms with Crippen LogP contribution >= 0.6 is 7.82 Å². The Morgan fingerprint density at radius 3 is 1.28 bits per heavy atom. The van der Waals surface area contributed by atoms with E-state index >= 15 is 0 Å². The first kappa shape index (κ1) is 51.4. The number of hydrogen-bond acceptors (Lipinski definition) is 11. The predicted octanol–water partition coefficient (Wildman–Crippen LogP) is 8.20. The summed E-state index contributed by atoms with van der Waals surface area (Å²) in [5.41, 5.74) is 0. The van der Waals surface area contributed by atoms with Crippen molar-refractivity contribution in [2.24, 2.45) is 0 Å². The first-order valence-electron chi connectivity index (χ1n) is 21.9. The molecule has 0 bridgehead atoms. The quantitative estimate of drug-likeness (QED) is 0.0201. The summed E-state index contributed by atoms with van der Waals surface area (Å²) in [5.74, 6) is -0.473. The highest BCUT2D eigenvalue weighted by Crippen LogP contribution is 2.47. The van der Waals surface area contributed by atoms with E-state index in [4.69, 9.17) is 18.5 Å². The highest BCUT2D eigenvalue weighted by Gasteiger charge is 2.51. The van der Waals surface area contributed by atoms with Gasteiger partial charge in [0, 0.05) is 13.0 Å². The molecule has 0 aromatic heterocycles. The highest BCUT2D eigenvalue weighted by molar-refractivity contribution is 7.47. The molecular weight excluding hydrogens is 715 g/mol. The molecule has 1 aliphatic carbocycles. The Kier molecular flexibility index (Phi) is 31.7. The second-order valence-corrected chi connectivity index (χ2v) is 17.0. The number of unbranched alkanes of at least 4 members (excludes halogenated alkanes) is 25. The van der Waals surface area contributed by atoms with Crippen LogP contribution in [0.1, 0.15) is 194 Å². The molecule has 12 nitrogen and oxygen atoms in total. The fourth-order valence-electron chi connectivity index (χ4n) is 6.94. The maximum Gasteiger partial charge on any atom is 0.472 e. The summed E-state index contributed by atoms with van der Waals surface area (Å²) in [6, 6.07) is 0. The number of aliphatic hydroxyl groups is 5. The Labute approximate surface area is 327 Å². The van der Waals surface area contributed by atoms with Crippen LogP contribution in [0.15, 0.2) is 0 Å². The van der Waals surface area contributed by atoms with Gasteiger partial charge in [-0.15, -0.1) is 0 Å². The first-order chi connectivity index (χ1) is 26.0. The molecule has 6 unspecified atom stereocenters. The van der Waals surface area contributed by atoms with Crippen LogP contribution in [-0.2, 0) is 27.9 Å². The van der Waals surface area contributed by atoms with E-state index in [2.05, 4.69) is 13.8 Å². The molecule has 0 radical (unpaired) electrons. The van der Waals surface area contributed by atoms with E-state index in [1.54, 1.807) is 0 Å². The minimum Gasteiger partial charge on any atom is -0.457 e. The van der Waals surface area contributed by atoms with Gasteiger partial charge in [0.25, 0.3) is 0 Å². The second kappa shape index (κ2) is 33.3. The zero-order chi connectivity index (χ0) is 39.9. The van der Waals surface area contributed by atoms with E-state index in [9.17, 15) is 39.8 Å². The zero-order valence-electron chi connectivity index (χ0n) is 34.0. The molecule has 0 spiro atoms. The topological polar surface area (TPSA) is 192 Å². The van der Waals surface area contributed by atoms with Gasteiger partial charge < -0.3 is 39.9 Å². The fourth-order valence-corrected chi connectivity index (χ4v) is 7.92. The van der Waals surface area contributed by atoms with Crippen molar-refractivity contribution in [2.45, 2.75) is 236 Å². The van der Waals surface area contributed by atoms with Crippen LogP contribution in [0.2, 0.25) is 0 Å². The molecule has 322 valence electrons. The molecule has 0 heterocycles. The number of esters is 1. The number of aliphatic hydroxyl groups excluding tert-OH is 5. The third-order valence-corrected chi connectivity index (χ3v) is 11.5. The maximum absolute atomic E-state index is 12.8. The molecular formula is C41H81O12P. The van der Waals surface area contributed by atoms with Crippen molar-refractivity contribution >= 4 is 13.8 Å². The molecule has 1 saturated carbocycles. The van der Waals surface area contributed by atoms with Crippen LogP contribution in [0.25, 0.3) is 0 Å². The predicted molar refractivity (Wildman–Crippen MR) is 212 cm³/mol. The van der Waals surface area contributed by atoms with Gasteiger partial charge in [0.2, 0.25) is 0 Å². The molecule has 54 heavy (non-hydrogen) atoms. The third kappa shape index (κ3) is 25.6. The lowest BCUT2D eigenvalue weighted by molar-refractivity contribution is -0.220. The summed E-state index contributed by atoms with van der Waals surface area (Å²) in [4.78, 5) is 23.1. The summed E-state index contributed by atoms with van der Waals surface area (Å²) >= 11 is 0. The molecule has 1 fully saturated rings. The Balaban J connectivity index is 2.41. The van der Waals surface area contributed by atoms with Gasteiger partial charge in [0.1, 0.15) is 42.7 Å². The Morgan fingerprint density at radius 1 is 0.519 bits per heavy atom. The number of phosphoric ester groups is 1. The van der Waals surface area contributed by atoms with E-state index in [0.717, 1.165) is 38.5 Å². The lowest BCUT2D eigenvalue weighted by Crippen LogP contribution is -2.64. The Hall–Kier alpha value is -0.660. The van der Waals surface area contributed by atoms with Crippen molar-refractivity contribution in [2.75, 3.05) is 19.8 Å². The van der Waals surface area contributed by atoms with Crippen molar-refractivity contribution in [1.82, 2.24) is 0 Å². The van der Waals surface area contributed by atoms with E-state index < -0.39 is 63.1 Å². The zero-order valence-corrected chi connectivity index (χ0v) is 34.9. The SMILES string of the molecule is CCCCCCCCCCCCCCCCOC[C@H](COP(=O)(O)OC1C(O)C(O)C(O)[C@@H](O)C1O)OC(=O)CCCCCCCCCCCCCCC. The number of phosphoric acid groups is 1. The summed E-state index contributed by atoms with van der Waals surface area (Å²) < 4.78 is 34.1. The summed E-state index contributed by atoms with van der Waals surface area (Å²) in [7, 11) is -5.00. The van der Waals surface area contributed by atoms with Gasteiger partial charge >= 0.3 is 13.8 Å². The highest BCUT2D eigenvalue weighted by atomic mass is 31.2.